The van der Waals surface area contributed by atoms with Gasteiger partial charge in [0.05, 0.1) is 0 Å². The number of carbonyl (C=O) groups is 2. The van der Waals surface area contributed by atoms with Gasteiger partial charge in [0.15, 0.2) is 0 Å². The summed E-state index contributed by atoms with van der Waals surface area (Å²) in [7, 11) is 0. The van der Waals surface area contributed by atoms with E-state index in [1.807, 2.05) is 34.2 Å². The number of aromatic amines is 1. The largest absolute Gasteiger partial charge is 0.342 e. The molecule has 2 amide bonds. The van der Waals surface area contributed by atoms with Crippen LogP contribution in [0, 0.1) is 11.8 Å². The van der Waals surface area contributed by atoms with Crippen molar-refractivity contribution >= 4 is 22.8 Å². The molecule has 1 unspecified atom stereocenters. The number of nitrogens with zero attached hydrogens (tertiary/aromatic N) is 5. The van der Waals surface area contributed by atoms with Gasteiger partial charge in [0.25, 0.3) is 5.91 Å². The molecule has 4 aromatic rings. The molecular formula is C27H26N6O2. The second kappa shape index (κ2) is 8.94. The Hall–Kier alpha value is -4.07. The van der Waals surface area contributed by atoms with Gasteiger partial charge in [-0.3, -0.25) is 14.6 Å². The number of pyridine rings is 1. The summed E-state index contributed by atoms with van der Waals surface area (Å²) in [6.45, 7) is 2.85. The molecule has 0 radical (unpaired) electrons. The highest BCUT2D eigenvalue weighted by molar-refractivity contribution is 5.97. The van der Waals surface area contributed by atoms with Crippen LogP contribution in [-0.4, -0.2) is 68.2 Å². The summed E-state index contributed by atoms with van der Waals surface area (Å²) in [6.07, 6.45) is 4.86. The molecule has 2 aromatic heterocycles. The normalized spacial score (nSPS) is 19.3. The summed E-state index contributed by atoms with van der Waals surface area (Å²) in [5, 5.41) is 10.7. The number of nitrogens with one attached hydrogen (secondary N) is 1. The minimum Gasteiger partial charge on any atom is -0.342 e. The molecular weight excluding hydrogens is 440 g/mol. The van der Waals surface area contributed by atoms with E-state index in [1.165, 1.54) is 0 Å². The van der Waals surface area contributed by atoms with Crippen LogP contribution < -0.4 is 0 Å². The lowest BCUT2D eigenvalue weighted by molar-refractivity contribution is -0.130. The van der Waals surface area contributed by atoms with Gasteiger partial charge in [-0.25, -0.2) is 0 Å². The van der Waals surface area contributed by atoms with Gasteiger partial charge in [-0.15, -0.1) is 0 Å². The molecule has 0 aliphatic carbocycles. The maximum Gasteiger partial charge on any atom is 0.253 e. The first-order valence-corrected chi connectivity index (χ1v) is 12.0. The van der Waals surface area contributed by atoms with Crippen LogP contribution in [-0.2, 0) is 11.2 Å². The van der Waals surface area contributed by atoms with Crippen molar-refractivity contribution in [2.75, 3.05) is 26.2 Å². The van der Waals surface area contributed by atoms with Gasteiger partial charge >= 0.3 is 0 Å². The molecule has 2 atom stereocenters. The molecule has 2 aliphatic heterocycles. The highest BCUT2D eigenvalue weighted by atomic mass is 16.2. The Labute approximate surface area is 203 Å². The fourth-order valence-corrected chi connectivity index (χ4v) is 5.33. The molecule has 0 spiro atoms. The third-order valence-electron chi connectivity index (χ3n) is 7.27. The summed E-state index contributed by atoms with van der Waals surface area (Å²) in [5.74, 6) is 0.914. The number of aromatic nitrogens is 4. The topological polar surface area (TPSA) is 95.1 Å². The number of benzene rings is 2. The van der Waals surface area contributed by atoms with Crippen molar-refractivity contribution in [2.24, 2.45) is 11.8 Å². The molecule has 2 aliphatic rings. The molecule has 8 heteroatoms. The van der Waals surface area contributed by atoms with Crippen molar-refractivity contribution in [1.82, 2.24) is 30.2 Å². The average Bonchev–Trinajstić information content (AvgIpc) is 3.62. The van der Waals surface area contributed by atoms with E-state index < -0.39 is 0 Å². The second-order valence-electron chi connectivity index (χ2n) is 9.49. The molecule has 4 heterocycles. The van der Waals surface area contributed by atoms with Crippen molar-refractivity contribution in [3.8, 4) is 11.1 Å². The van der Waals surface area contributed by atoms with Crippen LogP contribution >= 0.6 is 0 Å². The molecule has 0 bridgehead atoms. The standard InChI is InChI=1S/C27H26N6O2/c34-26(10-5-18-3-6-19(7-4-18)21-2-1-11-28-13-21)32-14-22-16-33(17-23(22)15-32)27(35)20-8-9-24-25(12-20)30-31-29-24/h1-4,6-9,11-13,22-23H,5,10,14-17H2,(H,29,30,31)/t22-,23?/m1/s1. The Morgan fingerprint density at radius 2 is 1.60 bits per heavy atom. The first-order chi connectivity index (χ1) is 17.1. The number of fused-ring (bicyclic) bond motifs is 2. The molecule has 2 saturated heterocycles. The summed E-state index contributed by atoms with van der Waals surface area (Å²) in [6, 6.07) is 17.7. The first kappa shape index (κ1) is 21.5. The molecule has 2 fully saturated rings. The van der Waals surface area contributed by atoms with E-state index in [4.69, 9.17) is 0 Å². The zero-order valence-corrected chi connectivity index (χ0v) is 19.3. The lowest BCUT2D eigenvalue weighted by atomic mass is 10.0. The highest BCUT2D eigenvalue weighted by Crippen LogP contribution is 2.32. The number of hydrogen-bond donors (Lipinski definition) is 1. The van der Waals surface area contributed by atoms with Crippen LogP contribution in [0.25, 0.3) is 22.2 Å². The quantitative estimate of drug-likeness (QED) is 0.487. The zero-order chi connectivity index (χ0) is 23.8. The Bertz CT molecular complexity index is 1350. The molecule has 2 aromatic carbocycles. The molecule has 8 nitrogen and oxygen atoms in total. The third-order valence-corrected chi connectivity index (χ3v) is 7.27. The minimum atomic E-state index is 0.0249. The summed E-state index contributed by atoms with van der Waals surface area (Å²) >= 11 is 0. The van der Waals surface area contributed by atoms with Gasteiger partial charge in [0.2, 0.25) is 5.91 Å². The number of likely N-dealkylation sites (tertiary alicyclic amines) is 2. The van der Waals surface area contributed by atoms with Gasteiger partial charge in [0.1, 0.15) is 11.0 Å². The molecule has 35 heavy (non-hydrogen) atoms. The Balaban J connectivity index is 1.01. The number of hydrogen-bond acceptors (Lipinski definition) is 5. The van der Waals surface area contributed by atoms with Crippen LogP contribution in [0.3, 0.4) is 0 Å². The van der Waals surface area contributed by atoms with Crippen LogP contribution in [0.4, 0.5) is 0 Å². The molecule has 176 valence electrons. The van der Waals surface area contributed by atoms with E-state index in [1.54, 1.807) is 18.3 Å². The minimum absolute atomic E-state index is 0.0249. The number of aryl methyl sites for hydroxylation is 1. The van der Waals surface area contributed by atoms with Crippen molar-refractivity contribution < 1.29 is 9.59 Å². The fourth-order valence-electron chi connectivity index (χ4n) is 5.33. The van der Waals surface area contributed by atoms with Gasteiger partial charge in [-0.05, 0) is 47.4 Å². The van der Waals surface area contributed by atoms with Crippen molar-refractivity contribution in [1.29, 1.82) is 0 Å². The summed E-state index contributed by atoms with van der Waals surface area (Å²) in [4.78, 5) is 34.0. The predicted molar refractivity (Wildman–Crippen MR) is 131 cm³/mol. The lowest BCUT2D eigenvalue weighted by Gasteiger charge is -2.22. The SMILES string of the molecule is O=C(CCc1ccc(-c2cccnc2)cc1)N1CC2CN(C(=O)c3ccc4n[nH]nc4c3)C[C@H]2C1. The van der Waals surface area contributed by atoms with E-state index in [-0.39, 0.29) is 11.8 Å². The summed E-state index contributed by atoms with van der Waals surface area (Å²) in [5.41, 5.74) is 5.45. The number of amides is 2. The Morgan fingerprint density at radius 3 is 2.34 bits per heavy atom. The summed E-state index contributed by atoms with van der Waals surface area (Å²) < 4.78 is 0. The van der Waals surface area contributed by atoms with E-state index >= 15 is 0 Å². The number of H-pyrrole nitrogens is 1. The lowest BCUT2D eigenvalue weighted by Crippen LogP contribution is -2.35. The average molecular weight is 467 g/mol. The monoisotopic (exact) mass is 466 g/mol. The van der Waals surface area contributed by atoms with E-state index in [0.717, 1.165) is 41.7 Å². The Kier molecular flexibility index (Phi) is 5.48. The number of rotatable bonds is 5. The van der Waals surface area contributed by atoms with Gasteiger partial charge < -0.3 is 9.80 Å². The maximum absolute atomic E-state index is 13.0. The van der Waals surface area contributed by atoms with Crippen LogP contribution in [0.5, 0.6) is 0 Å². The smallest absolute Gasteiger partial charge is 0.253 e. The maximum atomic E-state index is 13.0. The van der Waals surface area contributed by atoms with Crippen molar-refractivity contribution in [3.63, 3.8) is 0 Å². The third kappa shape index (κ3) is 4.27. The first-order valence-electron chi connectivity index (χ1n) is 12.0. The fraction of sp³-hybridized carbons (Fsp3) is 0.296. The van der Waals surface area contributed by atoms with Crippen LogP contribution in [0.1, 0.15) is 22.3 Å². The van der Waals surface area contributed by atoms with Crippen LogP contribution in [0.15, 0.2) is 67.0 Å². The van der Waals surface area contributed by atoms with Crippen molar-refractivity contribution in [3.05, 3.63) is 78.1 Å². The Morgan fingerprint density at radius 1 is 0.857 bits per heavy atom. The van der Waals surface area contributed by atoms with Crippen LogP contribution in [0.2, 0.25) is 0 Å². The van der Waals surface area contributed by atoms with E-state index in [2.05, 4.69) is 44.7 Å². The number of carbonyl (C=O) groups excluding carboxylic acids is 2. The molecule has 0 saturated carbocycles. The van der Waals surface area contributed by atoms with Gasteiger partial charge in [0, 0.05) is 62.4 Å². The van der Waals surface area contributed by atoms with Gasteiger partial charge in [-0.2, -0.15) is 15.4 Å². The van der Waals surface area contributed by atoms with E-state index in [0.29, 0.717) is 42.4 Å². The van der Waals surface area contributed by atoms with Gasteiger partial charge in [-0.1, -0.05) is 30.3 Å². The second-order valence-corrected chi connectivity index (χ2v) is 9.49. The van der Waals surface area contributed by atoms with E-state index in [9.17, 15) is 9.59 Å². The highest BCUT2D eigenvalue weighted by Gasteiger charge is 2.42. The van der Waals surface area contributed by atoms with Crippen molar-refractivity contribution in [2.45, 2.75) is 12.8 Å². The molecule has 1 N–H and O–H groups in total. The molecule has 6 rings (SSSR count). The zero-order valence-electron chi connectivity index (χ0n) is 19.3. The predicted octanol–water partition coefficient (Wildman–Crippen LogP) is 3.18.